The van der Waals surface area contributed by atoms with Crippen LogP contribution in [-0.4, -0.2) is 48.1 Å². The van der Waals surface area contributed by atoms with E-state index in [9.17, 15) is 0 Å². The summed E-state index contributed by atoms with van der Waals surface area (Å²) in [5.41, 5.74) is 0. The first-order chi connectivity index (χ1) is 10.2. The molecule has 5 atom stereocenters. The summed E-state index contributed by atoms with van der Waals surface area (Å²) in [5, 5.41) is 0. The van der Waals surface area contributed by atoms with E-state index in [0.29, 0.717) is 0 Å². The van der Waals surface area contributed by atoms with Crippen molar-refractivity contribution in [2.75, 3.05) is 26.2 Å². The Morgan fingerprint density at radius 1 is 1.00 bits per heavy atom. The van der Waals surface area contributed by atoms with E-state index in [1.807, 2.05) is 0 Å². The van der Waals surface area contributed by atoms with Crippen molar-refractivity contribution in [1.82, 2.24) is 9.80 Å². The SMILES string of the molecule is CC(C)C1CN2CCCCC2CN1CC1CC2CCC1C2. The van der Waals surface area contributed by atoms with Gasteiger partial charge in [0.05, 0.1) is 0 Å². The second-order valence-electron chi connectivity index (χ2n) is 8.84. The van der Waals surface area contributed by atoms with Crippen molar-refractivity contribution < 1.29 is 0 Å². The van der Waals surface area contributed by atoms with Gasteiger partial charge >= 0.3 is 0 Å². The minimum absolute atomic E-state index is 0.812. The van der Waals surface area contributed by atoms with Gasteiger partial charge in [0, 0.05) is 31.7 Å². The Hall–Kier alpha value is -0.0800. The van der Waals surface area contributed by atoms with Gasteiger partial charge in [-0.15, -0.1) is 0 Å². The van der Waals surface area contributed by atoms with Crippen LogP contribution in [0.25, 0.3) is 0 Å². The molecule has 4 fully saturated rings. The fourth-order valence-corrected chi connectivity index (χ4v) is 6.01. The van der Waals surface area contributed by atoms with E-state index < -0.39 is 0 Å². The summed E-state index contributed by atoms with van der Waals surface area (Å²) in [5.74, 6) is 4.05. The summed E-state index contributed by atoms with van der Waals surface area (Å²) >= 11 is 0. The Labute approximate surface area is 131 Å². The summed E-state index contributed by atoms with van der Waals surface area (Å²) in [7, 11) is 0. The Morgan fingerprint density at radius 3 is 2.62 bits per heavy atom. The van der Waals surface area contributed by atoms with E-state index in [4.69, 9.17) is 0 Å². The van der Waals surface area contributed by atoms with E-state index in [1.54, 1.807) is 25.7 Å². The molecule has 0 N–H and O–H groups in total. The monoisotopic (exact) mass is 290 g/mol. The van der Waals surface area contributed by atoms with Crippen LogP contribution in [0.5, 0.6) is 0 Å². The molecule has 0 radical (unpaired) electrons. The molecule has 21 heavy (non-hydrogen) atoms. The second-order valence-corrected chi connectivity index (χ2v) is 8.84. The number of piperidine rings is 1. The van der Waals surface area contributed by atoms with Gasteiger partial charge in [-0.25, -0.2) is 0 Å². The lowest BCUT2D eigenvalue weighted by Gasteiger charge is -2.51. The number of hydrogen-bond donors (Lipinski definition) is 0. The highest BCUT2D eigenvalue weighted by atomic mass is 15.3. The Kier molecular flexibility index (Phi) is 4.04. The highest BCUT2D eigenvalue weighted by Crippen LogP contribution is 2.48. The van der Waals surface area contributed by atoms with Crippen LogP contribution in [-0.2, 0) is 0 Å². The lowest BCUT2D eigenvalue weighted by atomic mass is 9.86. The standard InChI is InChI=1S/C19H34N2/c1-14(2)19-13-20-8-4-3-5-18(20)12-21(19)11-17-10-15-6-7-16(17)9-15/h14-19H,3-13H2,1-2H3. The Balaban J connectivity index is 1.43. The molecule has 120 valence electrons. The molecule has 2 heteroatoms. The van der Waals surface area contributed by atoms with Crippen LogP contribution in [0.15, 0.2) is 0 Å². The molecule has 4 aliphatic rings. The van der Waals surface area contributed by atoms with Gasteiger partial charge < -0.3 is 0 Å². The maximum atomic E-state index is 2.93. The molecule has 0 amide bonds. The number of rotatable bonds is 3. The van der Waals surface area contributed by atoms with Crippen LogP contribution in [0.1, 0.15) is 58.8 Å². The summed E-state index contributed by atoms with van der Waals surface area (Å²) in [4.78, 5) is 5.76. The lowest BCUT2D eigenvalue weighted by molar-refractivity contribution is -0.0185. The third-order valence-electron chi connectivity index (χ3n) is 7.21. The zero-order valence-electron chi connectivity index (χ0n) is 14.1. The first-order valence-electron chi connectivity index (χ1n) is 9.69. The van der Waals surface area contributed by atoms with Crippen LogP contribution >= 0.6 is 0 Å². The summed E-state index contributed by atoms with van der Waals surface area (Å²) in [6.45, 7) is 10.4. The number of nitrogens with zero attached hydrogens (tertiary/aromatic N) is 2. The summed E-state index contributed by atoms with van der Waals surface area (Å²) in [6.07, 6.45) is 10.6. The molecule has 0 aromatic rings. The van der Waals surface area contributed by atoms with Gasteiger partial charge in [0.1, 0.15) is 0 Å². The topological polar surface area (TPSA) is 6.48 Å². The van der Waals surface area contributed by atoms with Crippen molar-refractivity contribution in [3.63, 3.8) is 0 Å². The number of hydrogen-bond acceptors (Lipinski definition) is 2. The molecule has 0 aromatic heterocycles. The van der Waals surface area contributed by atoms with Crippen molar-refractivity contribution in [2.24, 2.45) is 23.7 Å². The molecule has 2 aliphatic heterocycles. The quantitative estimate of drug-likeness (QED) is 0.783. The average Bonchev–Trinajstić information content (AvgIpc) is 3.09. The maximum absolute atomic E-state index is 2.93. The average molecular weight is 290 g/mol. The van der Waals surface area contributed by atoms with Gasteiger partial charge in [0.15, 0.2) is 0 Å². The molecular weight excluding hydrogens is 256 g/mol. The zero-order chi connectivity index (χ0) is 14.4. The molecule has 4 rings (SSSR count). The molecule has 2 aliphatic carbocycles. The minimum Gasteiger partial charge on any atom is -0.298 e. The van der Waals surface area contributed by atoms with Gasteiger partial charge in [-0.2, -0.15) is 0 Å². The van der Waals surface area contributed by atoms with E-state index >= 15 is 0 Å². The van der Waals surface area contributed by atoms with Crippen molar-refractivity contribution in [1.29, 1.82) is 0 Å². The third-order valence-corrected chi connectivity index (χ3v) is 7.21. The molecule has 5 unspecified atom stereocenters. The van der Waals surface area contributed by atoms with Gasteiger partial charge in [0.2, 0.25) is 0 Å². The lowest BCUT2D eigenvalue weighted by Crippen LogP contribution is -2.61. The first kappa shape index (κ1) is 14.5. The molecule has 0 aromatic carbocycles. The second kappa shape index (κ2) is 5.85. The van der Waals surface area contributed by atoms with Gasteiger partial charge in [0.25, 0.3) is 0 Å². The van der Waals surface area contributed by atoms with Crippen LogP contribution < -0.4 is 0 Å². The van der Waals surface area contributed by atoms with E-state index in [1.165, 1.54) is 45.4 Å². The van der Waals surface area contributed by atoms with Gasteiger partial charge in [-0.3, -0.25) is 9.80 Å². The van der Waals surface area contributed by atoms with E-state index in [0.717, 1.165) is 35.8 Å². The molecule has 2 nitrogen and oxygen atoms in total. The minimum atomic E-state index is 0.812. The van der Waals surface area contributed by atoms with Gasteiger partial charge in [-0.05, 0) is 62.3 Å². The highest BCUT2D eigenvalue weighted by Gasteiger charge is 2.43. The smallest absolute Gasteiger partial charge is 0.0247 e. The van der Waals surface area contributed by atoms with Crippen molar-refractivity contribution in [3.8, 4) is 0 Å². The highest BCUT2D eigenvalue weighted by molar-refractivity contribution is 4.96. The van der Waals surface area contributed by atoms with Crippen LogP contribution in [0, 0.1) is 23.7 Å². The maximum Gasteiger partial charge on any atom is 0.0247 e. The fraction of sp³-hybridized carbons (Fsp3) is 1.00. The predicted octanol–water partition coefficient (Wildman–Crippen LogP) is 3.62. The number of piperazine rings is 1. The largest absolute Gasteiger partial charge is 0.298 e. The third kappa shape index (κ3) is 2.79. The fourth-order valence-electron chi connectivity index (χ4n) is 6.01. The van der Waals surface area contributed by atoms with Crippen molar-refractivity contribution in [2.45, 2.75) is 70.9 Å². The Morgan fingerprint density at radius 2 is 1.90 bits per heavy atom. The molecule has 2 saturated carbocycles. The Bertz CT molecular complexity index is 367. The van der Waals surface area contributed by atoms with E-state index in [2.05, 4.69) is 23.6 Å². The summed E-state index contributed by atoms with van der Waals surface area (Å²) < 4.78 is 0. The molecule has 2 saturated heterocycles. The van der Waals surface area contributed by atoms with Crippen molar-refractivity contribution in [3.05, 3.63) is 0 Å². The number of fused-ring (bicyclic) bond motifs is 3. The predicted molar refractivity (Wildman–Crippen MR) is 88.3 cm³/mol. The molecule has 2 bridgehead atoms. The summed E-state index contributed by atoms with van der Waals surface area (Å²) in [6, 6.07) is 1.70. The van der Waals surface area contributed by atoms with Crippen molar-refractivity contribution >= 4 is 0 Å². The van der Waals surface area contributed by atoms with E-state index in [-0.39, 0.29) is 0 Å². The van der Waals surface area contributed by atoms with Gasteiger partial charge in [-0.1, -0.05) is 26.7 Å². The zero-order valence-corrected chi connectivity index (χ0v) is 14.1. The first-order valence-corrected chi connectivity index (χ1v) is 9.69. The normalized spacial score (nSPS) is 44.4. The van der Waals surface area contributed by atoms with Crippen LogP contribution in [0.3, 0.4) is 0 Å². The molecule has 2 heterocycles. The molecular formula is C19H34N2. The van der Waals surface area contributed by atoms with Crippen LogP contribution in [0.2, 0.25) is 0 Å². The van der Waals surface area contributed by atoms with Crippen LogP contribution in [0.4, 0.5) is 0 Å². The molecule has 0 spiro atoms.